The fourth-order valence-corrected chi connectivity index (χ4v) is 10.6. The predicted molar refractivity (Wildman–Crippen MR) is 329 cm³/mol. The normalized spacial score (nSPS) is 12.2. The maximum atomic E-state index is 12.3. The molecule has 0 saturated carbocycles. The fourth-order valence-electron chi connectivity index (χ4n) is 10.6. The minimum absolute atomic E-state index is 0.0195. The van der Waals surface area contributed by atoms with E-state index in [0.717, 1.165) is 45.3 Å². The van der Waals surface area contributed by atoms with Gasteiger partial charge in [0.05, 0.1) is 11.1 Å². The summed E-state index contributed by atoms with van der Waals surface area (Å²) in [5, 5.41) is 19.9. The molecule has 0 saturated heterocycles. The van der Waals surface area contributed by atoms with Gasteiger partial charge in [-0.15, -0.1) is 0 Å². The summed E-state index contributed by atoms with van der Waals surface area (Å²) in [5.74, 6) is -1.98. The van der Waals surface area contributed by atoms with Crippen molar-refractivity contribution in [2.24, 2.45) is 0 Å². The topological polar surface area (TPSA) is 81.1 Å². The number of carboxylic acid groups (broad SMARTS) is 2. The molecule has 10 heteroatoms. The molecule has 0 heterocycles. The Hall–Kier alpha value is -4.15. The van der Waals surface area contributed by atoms with Gasteiger partial charge in [0.1, 0.15) is 0 Å². The summed E-state index contributed by atoms with van der Waals surface area (Å²) in [6.45, 7) is 8.87. The first kappa shape index (κ1) is 56.6. The van der Waals surface area contributed by atoms with Crippen LogP contribution in [0, 0.1) is 13.8 Å². The number of halogens is 3. The maximum absolute atomic E-state index is 12.3. The van der Waals surface area contributed by atoms with Gasteiger partial charge in [0.15, 0.2) is 0 Å². The Kier molecular flexibility index (Phi) is 21.4. The number of nitrogens with zero attached hydrogens (tertiary/aromatic N) is 2. The van der Waals surface area contributed by atoms with Crippen LogP contribution >= 0.6 is 59.9 Å². The molecule has 0 radical (unpaired) electrons. The molecule has 8 rings (SSSR count). The molecule has 7 aromatic carbocycles. The van der Waals surface area contributed by atoms with Crippen LogP contribution in [0.3, 0.4) is 0 Å². The molecule has 0 bridgehead atoms. The fraction of sp³-hybridized carbons (Fsp3) is 0.302. The molecular formula is C63H68I3N2O4V. The zero-order chi connectivity index (χ0) is 51.9. The number of aromatic carboxylic acids is 2. The van der Waals surface area contributed by atoms with E-state index in [1.165, 1.54) is 123 Å². The second-order valence-corrected chi connectivity index (χ2v) is 54.8. The zero-order valence-electron chi connectivity index (χ0n) is 42.6. The number of hydrogen-bond acceptors (Lipinski definition) is 4. The summed E-state index contributed by atoms with van der Waals surface area (Å²) >= 11 is 7.39. The van der Waals surface area contributed by atoms with Crippen molar-refractivity contribution in [1.29, 1.82) is 0 Å². The van der Waals surface area contributed by atoms with E-state index in [9.17, 15) is 19.8 Å². The SMILES string of the molecule is CCCCCCCCC1(CCCCCCCC)c2cc(C)ccc2-c2ccc(-c3ccc(N(c4ccc(N(c5ccc(C)cc5)c5cccc(C(=O)O)c5)cc4)c4cccc(C(=O)O)c4)cc3)cc21.[I][V]([I])[I]. The summed E-state index contributed by atoms with van der Waals surface area (Å²) in [6, 6.07) is 53.3. The summed E-state index contributed by atoms with van der Waals surface area (Å²) in [6.07, 6.45) is 17.7. The van der Waals surface area contributed by atoms with E-state index in [0.29, 0.717) is 0 Å². The molecule has 1 aliphatic rings. The van der Waals surface area contributed by atoms with Crippen LogP contribution in [0.5, 0.6) is 0 Å². The molecule has 2 N–H and O–H groups in total. The van der Waals surface area contributed by atoms with Crippen LogP contribution in [-0.4, -0.2) is 22.2 Å². The van der Waals surface area contributed by atoms with Crippen LogP contribution in [0.4, 0.5) is 34.1 Å². The Bertz CT molecular complexity index is 2910. The van der Waals surface area contributed by atoms with E-state index in [4.69, 9.17) is 0 Å². The van der Waals surface area contributed by atoms with Gasteiger partial charge < -0.3 is 20.0 Å². The van der Waals surface area contributed by atoms with E-state index >= 15 is 0 Å². The summed E-state index contributed by atoms with van der Waals surface area (Å²) in [5.41, 5.74) is 15.9. The Balaban J connectivity index is 0.00000188. The predicted octanol–water partition coefficient (Wildman–Crippen LogP) is 20.7. The first-order valence-electron chi connectivity index (χ1n) is 25.9. The zero-order valence-corrected chi connectivity index (χ0v) is 50.5. The van der Waals surface area contributed by atoms with E-state index in [1.54, 1.807) is 36.4 Å². The Morgan fingerprint density at radius 1 is 0.438 bits per heavy atom. The molecule has 1 aliphatic carbocycles. The van der Waals surface area contributed by atoms with E-state index in [1.807, 2.05) is 72.5 Å². The number of benzene rings is 7. The molecule has 73 heavy (non-hydrogen) atoms. The number of hydrogen-bond donors (Lipinski definition) is 2. The average Bonchev–Trinajstić information content (AvgIpc) is 3.65. The monoisotopic (exact) mass is 1350 g/mol. The van der Waals surface area contributed by atoms with Gasteiger partial charge >= 0.3 is 76.8 Å². The van der Waals surface area contributed by atoms with Gasteiger partial charge in [-0.05, 0) is 151 Å². The van der Waals surface area contributed by atoms with Crippen LogP contribution in [0.1, 0.15) is 147 Å². The average molecular weight is 1350 g/mol. The number of fused-ring (bicyclic) bond motifs is 3. The molecule has 0 aliphatic heterocycles. The van der Waals surface area contributed by atoms with Crippen molar-refractivity contribution in [3.8, 4) is 22.3 Å². The summed E-state index contributed by atoms with van der Waals surface area (Å²) in [7, 11) is 0. The second kappa shape index (κ2) is 27.6. The van der Waals surface area contributed by atoms with Gasteiger partial charge in [-0.3, -0.25) is 0 Å². The van der Waals surface area contributed by atoms with E-state index < -0.39 is 11.9 Å². The quantitative estimate of drug-likeness (QED) is 0.0491. The molecular weight excluding hydrogens is 1280 g/mol. The Labute approximate surface area is 472 Å². The molecule has 0 spiro atoms. The molecule has 6 nitrogen and oxygen atoms in total. The number of aryl methyl sites for hydroxylation is 2. The molecule has 0 fully saturated rings. The number of anilines is 6. The Morgan fingerprint density at radius 3 is 1.26 bits per heavy atom. The third kappa shape index (κ3) is 14.6. The number of unbranched alkanes of at least 4 members (excludes halogenated alkanes) is 10. The van der Waals surface area contributed by atoms with Crippen molar-refractivity contribution >= 4 is 106 Å². The van der Waals surface area contributed by atoms with Crippen molar-refractivity contribution < 1.29 is 24.7 Å². The van der Waals surface area contributed by atoms with Crippen LogP contribution in [0.15, 0.2) is 158 Å². The second-order valence-electron chi connectivity index (χ2n) is 19.4. The van der Waals surface area contributed by atoms with Crippen LogP contribution < -0.4 is 9.80 Å². The van der Waals surface area contributed by atoms with Gasteiger partial charge in [-0.1, -0.05) is 169 Å². The Morgan fingerprint density at radius 2 is 0.808 bits per heavy atom. The number of carbonyl (C=O) groups is 2. The first-order chi connectivity index (χ1) is 35.3. The number of carboxylic acids is 2. The van der Waals surface area contributed by atoms with Gasteiger partial charge in [0.2, 0.25) is 0 Å². The van der Waals surface area contributed by atoms with Crippen LogP contribution in [0.25, 0.3) is 22.3 Å². The van der Waals surface area contributed by atoms with Crippen LogP contribution in [0.2, 0.25) is 0 Å². The van der Waals surface area contributed by atoms with Crippen LogP contribution in [-0.2, 0) is 10.3 Å². The minimum atomic E-state index is -0.988. The third-order valence-corrected chi connectivity index (χ3v) is 14.2. The van der Waals surface area contributed by atoms with Gasteiger partial charge in [0.25, 0.3) is 0 Å². The van der Waals surface area contributed by atoms with Crippen molar-refractivity contribution in [3.05, 3.63) is 191 Å². The molecule has 0 amide bonds. The first-order valence-corrected chi connectivity index (χ1v) is 39.4. The summed E-state index contributed by atoms with van der Waals surface area (Å²) in [4.78, 5) is 28.2. The number of rotatable bonds is 23. The van der Waals surface area contributed by atoms with E-state index in [2.05, 4.69) is 146 Å². The molecule has 0 unspecified atom stereocenters. The van der Waals surface area contributed by atoms with Crippen molar-refractivity contribution in [3.63, 3.8) is 0 Å². The van der Waals surface area contributed by atoms with Crippen molar-refractivity contribution in [2.45, 2.75) is 123 Å². The molecule has 380 valence electrons. The van der Waals surface area contributed by atoms with E-state index in [-0.39, 0.29) is 21.5 Å². The van der Waals surface area contributed by atoms with Gasteiger partial charge in [-0.2, -0.15) is 0 Å². The molecule has 0 aromatic heterocycles. The van der Waals surface area contributed by atoms with Crippen molar-refractivity contribution in [2.75, 3.05) is 9.80 Å². The third-order valence-electron chi connectivity index (χ3n) is 14.2. The summed E-state index contributed by atoms with van der Waals surface area (Å²) < 4.78 is 0. The van der Waals surface area contributed by atoms with Gasteiger partial charge in [0, 0.05) is 39.5 Å². The molecule has 7 aromatic rings. The molecule has 0 atom stereocenters. The van der Waals surface area contributed by atoms with Gasteiger partial charge in [-0.25, -0.2) is 9.59 Å². The standard InChI is InChI=1S/C63H68N2O4.3HI.V/c1-5-7-9-11-13-15-39-63(40-16-14-12-10-8-6-2)59-41-46(4)25-37-57(59)58-38-28-48(44-60(58)63)47-26-31-52(32-27-47)65(56-22-18-20-50(43-56)62(68)69)54-35-33-53(34-36-54)64(51-29-23-45(3)24-30-51)55-21-17-19-49(42-55)61(66)67;;;;/h17-38,41-44H,5-16,39-40H2,1-4H3,(H,66,67)(H,68,69);3*1H;/q;;;;+3/p-3. The van der Waals surface area contributed by atoms with Crippen molar-refractivity contribution in [1.82, 2.24) is 0 Å².